The van der Waals surface area contributed by atoms with E-state index >= 15 is 0 Å². The summed E-state index contributed by atoms with van der Waals surface area (Å²) >= 11 is 3.58. The van der Waals surface area contributed by atoms with Crippen molar-refractivity contribution in [2.75, 3.05) is 13.2 Å². The van der Waals surface area contributed by atoms with Crippen molar-refractivity contribution in [2.24, 2.45) is 0 Å². The summed E-state index contributed by atoms with van der Waals surface area (Å²) < 4.78 is 6.75. The largest absolute Gasteiger partial charge is 0.483 e. The van der Waals surface area contributed by atoms with E-state index in [0.29, 0.717) is 25.3 Å². The Bertz CT molecular complexity index is 1140. The van der Waals surface area contributed by atoms with Crippen LogP contribution in [0.15, 0.2) is 83.3 Å². The molecule has 0 aromatic heterocycles. The highest BCUT2D eigenvalue weighted by atomic mass is 79.9. The second-order valence-corrected chi connectivity index (χ2v) is 10.6. The van der Waals surface area contributed by atoms with Crippen molar-refractivity contribution in [2.45, 2.75) is 52.1 Å². The summed E-state index contributed by atoms with van der Waals surface area (Å²) in [5.41, 5.74) is 3.10. The van der Waals surface area contributed by atoms with Gasteiger partial charge in [0.15, 0.2) is 6.61 Å². The van der Waals surface area contributed by atoms with Crippen LogP contribution >= 0.6 is 15.9 Å². The lowest BCUT2D eigenvalue weighted by molar-refractivity contribution is -0.142. The molecule has 0 radical (unpaired) electrons. The van der Waals surface area contributed by atoms with Gasteiger partial charge in [0, 0.05) is 19.5 Å². The van der Waals surface area contributed by atoms with E-state index in [4.69, 9.17) is 4.74 Å². The van der Waals surface area contributed by atoms with Gasteiger partial charge in [-0.3, -0.25) is 9.59 Å². The third-order valence-corrected chi connectivity index (χ3v) is 6.59. The molecule has 190 valence electrons. The maximum absolute atomic E-state index is 13.6. The maximum atomic E-state index is 13.6. The lowest BCUT2D eigenvalue weighted by atomic mass is 9.87. The van der Waals surface area contributed by atoms with E-state index in [1.807, 2.05) is 85.8 Å². The number of nitrogens with one attached hydrogen (secondary N) is 1. The van der Waals surface area contributed by atoms with Crippen molar-refractivity contribution in [3.05, 3.63) is 100 Å². The van der Waals surface area contributed by atoms with Crippen LogP contribution in [0.4, 0.5) is 0 Å². The summed E-state index contributed by atoms with van der Waals surface area (Å²) in [7, 11) is 0. The zero-order chi connectivity index (χ0) is 26.1. The number of halogens is 1. The summed E-state index contributed by atoms with van der Waals surface area (Å²) in [6.07, 6.45) is 0.412. The summed E-state index contributed by atoms with van der Waals surface area (Å²) in [6.45, 7) is 8.94. The Morgan fingerprint density at radius 2 is 1.56 bits per heavy atom. The quantitative estimate of drug-likeness (QED) is 0.341. The standard InChI is InChI=1S/C30H35BrN2O3/c1-5-32-29(35)26(18-22-12-8-6-9-13-22)33(20-23-14-10-7-11-15-23)28(34)21-36-27-17-16-24(19-25(27)31)30(2,3)4/h6-17,19,26H,5,18,20-21H2,1-4H3,(H,32,35)/t26-/m0/s1. The molecule has 3 aromatic rings. The Labute approximate surface area is 223 Å². The van der Waals surface area contributed by atoms with Gasteiger partial charge in [0.25, 0.3) is 5.91 Å². The molecule has 0 spiro atoms. The molecule has 0 saturated carbocycles. The Morgan fingerprint density at radius 3 is 2.11 bits per heavy atom. The fourth-order valence-corrected chi connectivity index (χ4v) is 4.43. The van der Waals surface area contributed by atoms with Crippen LogP contribution in [0.25, 0.3) is 0 Å². The highest BCUT2D eigenvalue weighted by Crippen LogP contribution is 2.31. The smallest absolute Gasteiger partial charge is 0.261 e. The van der Waals surface area contributed by atoms with E-state index in [9.17, 15) is 9.59 Å². The molecule has 0 fully saturated rings. The molecule has 0 aliphatic carbocycles. The first-order valence-electron chi connectivity index (χ1n) is 12.3. The molecule has 3 rings (SSSR count). The average Bonchev–Trinajstić information content (AvgIpc) is 2.86. The molecule has 0 bridgehead atoms. The van der Waals surface area contributed by atoms with E-state index in [2.05, 4.69) is 42.0 Å². The third kappa shape index (κ3) is 7.69. The number of ether oxygens (including phenoxy) is 1. The van der Waals surface area contributed by atoms with Gasteiger partial charge in [0.1, 0.15) is 11.8 Å². The molecule has 1 atom stereocenters. The highest BCUT2D eigenvalue weighted by molar-refractivity contribution is 9.10. The van der Waals surface area contributed by atoms with Crippen molar-refractivity contribution < 1.29 is 14.3 Å². The van der Waals surface area contributed by atoms with Gasteiger partial charge in [-0.1, -0.05) is 87.5 Å². The monoisotopic (exact) mass is 550 g/mol. The third-order valence-electron chi connectivity index (χ3n) is 5.97. The number of carbonyl (C=O) groups excluding carboxylic acids is 2. The average molecular weight is 552 g/mol. The number of likely N-dealkylation sites (N-methyl/N-ethyl adjacent to an activating group) is 1. The fourth-order valence-electron chi connectivity index (χ4n) is 3.93. The van der Waals surface area contributed by atoms with Crippen LogP contribution in [0.1, 0.15) is 44.4 Å². The van der Waals surface area contributed by atoms with Crippen molar-refractivity contribution in [3.8, 4) is 5.75 Å². The van der Waals surface area contributed by atoms with Gasteiger partial charge in [-0.15, -0.1) is 0 Å². The van der Waals surface area contributed by atoms with Crippen LogP contribution in [0, 0.1) is 0 Å². The highest BCUT2D eigenvalue weighted by Gasteiger charge is 2.30. The molecule has 0 aliphatic rings. The molecule has 6 heteroatoms. The zero-order valence-corrected chi connectivity index (χ0v) is 23.0. The number of hydrogen-bond acceptors (Lipinski definition) is 3. The van der Waals surface area contributed by atoms with Crippen LogP contribution in [-0.2, 0) is 28.0 Å². The molecule has 5 nitrogen and oxygen atoms in total. The number of rotatable bonds is 10. The van der Waals surface area contributed by atoms with Crippen LogP contribution in [0.3, 0.4) is 0 Å². The summed E-state index contributed by atoms with van der Waals surface area (Å²) in [6, 6.07) is 24.7. The number of amides is 2. The molecule has 0 unspecified atom stereocenters. The van der Waals surface area contributed by atoms with Crippen molar-refractivity contribution >= 4 is 27.7 Å². The van der Waals surface area contributed by atoms with E-state index in [0.717, 1.165) is 21.2 Å². The van der Waals surface area contributed by atoms with E-state index in [1.165, 1.54) is 0 Å². The zero-order valence-electron chi connectivity index (χ0n) is 21.5. The fraction of sp³-hybridized carbons (Fsp3) is 0.333. The van der Waals surface area contributed by atoms with Gasteiger partial charge in [-0.25, -0.2) is 0 Å². The molecular weight excluding hydrogens is 516 g/mol. The van der Waals surface area contributed by atoms with Gasteiger partial charge in [-0.2, -0.15) is 0 Å². The molecule has 1 N–H and O–H groups in total. The van der Waals surface area contributed by atoms with E-state index in [1.54, 1.807) is 4.90 Å². The molecule has 0 saturated heterocycles. The molecule has 0 heterocycles. The second-order valence-electron chi connectivity index (χ2n) is 9.79. The van der Waals surface area contributed by atoms with Crippen LogP contribution in [-0.4, -0.2) is 35.9 Å². The maximum Gasteiger partial charge on any atom is 0.261 e. The summed E-state index contributed by atoms with van der Waals surface area (Å²) in [4.78, 5) is 28.4. The molecule has 36 heavy (non-hydrogen) atoms. The van der Waals surface area contributed by atoms with Gasteiger partial charge >= 0.3 is 0 Å². The Balaban J connectivity index is 1.86. The van der Waals surface area contributed by atoms with E-state index in [-0.39, 0.29) is 23.8 Å². The van der Waals surface area contributed by atoms with Crippen molar-refractivity contribution in [3.63, 3.8) is 0 Å². The Hall–Kier alpha value is -3.12. The first-order chi connectivity index (χ1) is 17.2. The molecular formula is C30H35BrN2O3. The number of nitrogens with zero attached hydrogens (tertiary/aromatic N) is 1. The Morgan fingerprint density at radius 1 is 0.944 bits per heavy atom. The van der Waals surface area contributed by atoms with Crippen LogP contribution in [0.2, 0.25) is 0 Å². The van der Waals surface area contributed by atoms with E-state index < -0.39 is 6.04 Å². The first kappa shape index (κ1) is 27.5. The predicted octanol–water partition coefficient (Wildman–Crippen LogP) is 5.90. The molecule has 2 amide bonds. The minimum absolute atomic E-state index is 0.000646. The molecule has 3 aromatic carbocycles. The summed E-state index contributed by atoms with van der Waals surface area (Å²) in [5.74, 6) is 0.160. The van der Waals surface area contributed by atoms with Crippen LogP contribution < -0.4 is 10.1 Å². The van der Waals surface area contributed by atoms with Crippen LogP contribution in [0.5, 0.6) is 5.75 Å². The SMILES string of the molecule is CCNC(=O)[C@H](Cc1ccccc1)N(Cc1ccccc1)C(=O)COc1ccc(C(C)(C)C)cc1Br. The summed E-state index contributed by atoms with van der Waals surface area (Å²) in [5, 5.41) is 2.91. The minimum atomic E-state index is -0.671. The number of hydrogen-bond donors (Lipinski definition) is 1. The minimum Gasteiger partial charge on any atom is -0.483 e. The van der Waals surface area contributed by atoms with Crippen molar-refractivity contribution in [1.82, 2.24) is 10.2 Å². The molecule has 0 aliphatic heterocycles. The van der Waals surface area contributed by atoms with Gasteiger partial charge < -0.3 is 15.0 Å². The Kier molecular flexibility index (Phi) is 9.71. The predicted molar refractivity (Wildman–Crippen MR) is 148 cm³/mol. The second kappa shape index (κ2) is 12.7. The first-order valence-corrected chi connectivity index (χ1v) is 13.1. The lowest BCUT2D eigenvalue weighted by Gasteiger charge is -2.31. The van der Waals surface area contributed by atoms with Gasteiger partial charge in [0.2, 0.25) is 5.91 Å². The van der Waals surface area contributed by atoms with Gasteiger partial charge in [0.05, 0.1) is 4.47 Å². The number of carbonyl (C=O) groups is 2. The van der Waals surface area contributed by atoms with Crippen molar-refractivity contribution in [1.29, 1.82) is 0 Å². The lowest BCUT2D eigenvalue weighted by Crippen LogP contribution is -2.51. The van der Waals surface area contributed by atoms with Gasteiger partial charge in [-0.05, 0) is 57.1 Å². The number of benzene rings is 3. The topological polar surface area (TPSA) is 58.6 Å². The normalized spacial score (nSPS) is 12.0.